The number of carboxylic acids is 1. The number of nitrogens with one attached hydrogen (secondary N) is 2. The molecule has 0 saturated carbocycles. The first-order valence-electron chi connectivity index (χ1n) is 11.3. The van der Waals surface area contributed by atoms with Crippen molar-refractivity contribution in [1.82, 2.24) is 5.32 Å². The normalized spacial score (nSPS) is 12.7. The predicted octanol–water partition coefficient (Wildman–Crippen LogP) is 4.65. The number of carbonyl (C=O) groups excluding carboxylic acids is 2. The Morgan fingerprint density at radius 2 is 1.60 bits per heavy atom. The second-order valence-electron chi connectivity index (χ2n) is 8.14. The Labute approximate surface area is 202 Å². The quantitative estimate of drug-likeness (QED) is 0.438. The third-order valence-electron chi connectivity index (χ3n) is 6.06. The number of fused-ring (bicyclic) bond motifs is 3. The van der Waals surface area contributed by atoms with Gasteiger partial charge in [-0.2, -0.15) is 0 Å². The van der Waals surface area contributed by atoms with Crippen molar-refractivity contribution in [2.24, 2.45) is 0 Å². The second kappa shape index (κ2) is 10.3. The maximum Gasteiger partial charge on any atom is 0.407 e. The molecule has 0 heterocycles. The van der Waals surface area contributed by atoms with Gasteiger partial charge in [0.2, 0.25) is 5.91 Å². The third kappa shape index (κ3) is 4.96. The molecule has 3 N–H and O–H groups in total. The van der Waals surface area contributed by atoms with Crippen LogP contribution in [-0.2, 0) is 9.53 Å². The first-order valence-corrected chi connectivity index (χ1v) is 11.3. The molecule has 1 aliphatic rings. The molecule has 0 aliphatic heterocycles. The van der Waals surface area contributed by atoms with Gasteiger partial charge in [0.05, 0.1) is 7.11 Å². The molecule has 1 atom stereocenters. The first kappa shape index (κ1) is 23.8. The number of ether oxygens (including phenoxy) is 2. The van der Waals surface area contributed by atoms with Gasteiger partial charge in [-0.25, -0.2) is 9.59 Å². The fourth-order valence-electron chi connectivity index (χ4n) is 4.31. The molecule has 0 bridgehead atoms. The second-order valence-corrected chi connectivity index (χ2v) is 8.14. The lowest BCUT2D eigenvalue weighted by molar-refractivity contribution is -0.118. The molecule has 3 aromatic carbocycles. The van der Waals surface area contributed by atoms with E-state index in [0.29, 0.717) is 12.1 Å². The molecule has 4 rings (SSSR count). The number of aromatic carboxylic acids is 1. The molecule has 180 valence electrons. The fraction of sp³-hybridized carbons (Fsp3) is 0.222. The van der Waals surface area contributed by atoms with E-state index < -0.39 is 24.0 Å². The van der Waals surface area contributed by atoms with Crippen molar-refractivity contribution in [1.29, 1.82) is 0 Å². The van der Waals surface area contributed by atoms with Crippen LogP contribution in [0.2, 0.25) is 0 Å². The van der Waals surface area contributed by atoms with E-state index in [4.69, 9.17) is 9.47 Å². The summed E-state index contributed by atoms with van der Waals surface area (Å²) in [4.78, 5) is 36.6. The monoisotopic (exact) mass is 474 g/mol. The Balaban J connectivity index is 1.39. The van der Waals surface area contributed by atoms with Crippen LogP contribution < -0.4 is 15.4 Å². The lowest BCUT2D eigenvalue weighted by Gasteiger charge is -2.19. The standard InChI is InChI=1S/C27H26N2O6/c1-3-23(25(30)28-16-12-13-21(26(31)32)24(14-16)34-2)29-27(33)35-15-22-19-10-6-4-8-17(19)18-9-5-7-11-20(18)22/h4-14,22-23H,3,15H2,1-2H3,(H,28,30)(H,29,33)(H,31,32)/t23-/m1/s1. The Bertz CT molecular complexity index is 1230. The zero-order valence-electron chi connectivity index (χ0n) is 19.4. The lowest BCUT2D eigenvalue weighted by Crippen LogP contribution is -2.43. The van der Waals surface area contributed by atoms with E-state index >= 15 is 0 Å². The molecular formula is C27H26N2O6. The van der Waals surface area contributed by atoms with Gasteiger partial charge in [-0.15, -0.1) is 0 Å². The van der Waals surface area contributed by atoms with Gasteiger partial charge in [0.1, 0.15) is 24.0 Å². The fourth-order valence-corrected chi connectivity index (χ4v) is 4.31. The van der Waals surface area contributed by atoms with Crippen LogP contribution >= 0.6 is 0 Å². The summed E-state index contributed by atoms with van der Waals surface area (Å²) < 4.78 is 10.6. The number of hydrogen-bond acceptors (Lipinski definition) is 5. The number of methoxy groups -OCH3 is 1. The molecule has 35 heavy (non-hydrogen) atoms. The van der Waals surface area contributed by atoms with E-state index in [-0.39, 0.29) is 23.8 Å². The minimum atomic E-state index is -1.14. The zero-order chi connectivity index (χ0) is 24.9. The van der Waals surface area contributed by atoms with Crippen molar-refractivity contribution < 1.29 is 29.0 Å². The van der Waals surface area contributed by atoms with Crippen LogP contribution in [0, 0.1) is 0 Å². The maximum atomic E-state index is 12.7. The number of amides is 2. The number of anilines is 1. The average molecular weight is 475 g/mol. The van der Waals surface area contributed by atoms with Crippen LogP contribution in [0.1, 0.15) is 40.7 Å². The van der Waals surface area contributed by atoms with Crippen molar-refractivity contribution in [2.75, 3.05) is 19.0 Å². The molecule has 0 unspecified atom stereocenters. The van der Waals surface area contributed by atoms with Crippen molar-refractivity contribution >= 4 is 23.7 Å². The van der Waals surface area contributed by atoms with E-state index in [0.717, 1.165) is 22.3 Å². The summed E-state index contributed by atoms with van der Waals surface area (Å²) >= 11 is 0. The smallest absolute Gasteiger partial charge is 0.407 e. The zero-order valence-corrected chi connectivity index (χ0v) is 19.4. The first-order chi connectivity index (χ1) is 16.9. The molecule has 0 fully saturated rings. The molecule has 2 amide bonds. The Morgan fingerprint density at radius 3 is 2.17 bits per heavy atom. The van der Waals surface area contributed by atoms with Gasteiger partial charge in [0, 0.05) is 17.7 Å². The highest BCUT2D eigenvalue weighted by Gasteiger charge is 2.29. The average Bonchev–Trinajstić information content (AvgIpc) is 3.19. The Kier molecular flexibility index (Phi) is 7.01. The van der Waals surface area contributed by atoms with E-state index in [2.05, 4.69) is 22.8 Å². The van der Waals surface area contributed by atoms with Crippen molar-refractivity contribution in [3.8, 4) is 16.9 Å². The van der Waals surface area contributed by atoms with Crippen LogP contribution in [-0.4, -0.2) is 42.8 Å². The van der Waals surface area contributed by atoms with Crippen molar-refractivity contribution in [3.63, 3.8) is 0 Å². The van der Waals surface area contributed by atoms with Gasteiger partial charge in [0.15, 0.2) is 0 Å². The number of alkyl carbamates (subject to hydrolysis) is 1. The van der Waals surface area contributed by atoms with Gasteiger partial charge in [-0.1, -0.05) is 55.5 Å². The molecule has 8 nitrogen and oxygen atoms in total. The van der Waals surface area contributed by atoms with E-state index in [1.165, 1.54) is 25.3 Å². The van der Waals surface area contributed by atoms with Gasteiger partial charge in [0.25, 0.3) is 0 Å². The minimum Gasteiger partial charge on any atom is -0.496 e. The summed E-state index contributed by atoms with van der Waals surface area (Å²) in [6.45, 7) is 1.91. The summed E-state index contributed by atoms with van der Waals surface area (Å²) in [5, 5.41) is 14.5. The SMILES string of the molecule is CC[C@@H](NC(=O)OCC1c2ccccc2-c2ccccc21)C(=O)Nc1ccc(C(=O)O)c(OC)c1. The van der Waals surface area contributed by atoms with Crippen molar-refractivity contribution in [3.05, 3.63) is 83.4 Å². The van der Waals surface area contributed by atoms with E-state index in [9.17, 15) is 19.5 Å². The largest absolute Gasteiger partial charge is 0.496 e. The molecule has 0 saturated heterocycles. The summed E-state index contributed by atoms with van der Waals surface area (Å²) in [7, 11) is 1.35. The van der Waals surface area contributed by atoms with E-state index in [1.54, 1.807) is 6.92 Å². The van der Waals surface area contributed by atoms with Crippen LogP contribution in [0.3, 0.4) is 0 Å². The highest BCUT2D eigenvalue weighted by atomic mass is 16.5. The number of benzene rings is 3. The predicted molar refractivity (Wildman–Crippen MR) is 131 cm³/mol. The highest BCUT2D eigenvalue weighted by molar-refractivity contribution is 5.98. The molecule has 1 aliphatic carbocycles. The van der Waals surface area contributed by atoms with Crippen LogP contribution in [0.15, 0.2) is 66.7 Å². The van der Waals surface area contributed by atoms with E-state index in [1.807, 2.05) is 36.4 Å². The number of carboxylic acid groups (broad SMARTS) is 1. The van der Waals surface area contributed by atoms with Gasteiger partial charge in [-0.3, -0.25) is 4.79 Å². The summed E-state index contributed by atoms with van der Waals surface area (Å²) in [6, 6.07) is 19.5. The van der Waals surface area contributed by atoms with Crippen molar-refractivity contribution in [2.45, 2.75) is 25.3 Å². The third-order valence-corrected chi connectivity index (χ3v) is 6.06. The number of hydrogen-bond donors (Lipinski definition) is 3. The molecular weight excluding hydrogens is 448 g/mol. The van der Waals surface area contributed by atoms with Gasteiger partial charge in [-0.05, 0) is 40.8 Å². The Morgan fingerprint density at radius 1 is 0.971 bits per heavy atom. The number of rotatable bonds is 8. The topological polar surface area (TPSA) is 114 Å². The molecule has 3 aromatic rings. The molecule has 0 spiro atoms. The highest BCUT2D eigenvalue weighted by Crippen LogP contribution is 2.44. The summed E-state index contributed by atoms with van der Waals surface area (Å²) in [5.41, 5.74) is 4.80. The maximum absolute atomic E-state index is 12.7. The minimum absolute atomic E-state index is 0.0192. The van der Waals surface area contributed by atoms with Crippen LogP contribution in [0.4, 0.5) is 10.5 Å². The summed E-state index contributed by atoms with van der Waals surface area (Å²) in [5.74, 6) is -1.55. The lowest BCUT2D eigenvalue weighted by atomic mass is 9.98. The summed E-state index contributed by atoms with van der Waals surface area (Å²) in [6.07, 6.45) is -0.354. The molecule has 0 aromatic heterocycles. The number of carbonyl (C=O) groups is 3. The van der Waals surface area contributed by atoms with Crippen LogP contribution in [0.5, 0.6) is 5.75 Å². The van der Waals surface area contributed by atoms with Gasteiger partial charge < -0.3 is 25.2 Å². The Hall–Kier alpha value is -4.33. The molecule has 8 heteroatoms. The molecule has 0 radical (unpaired) electrons. The van der Waals surface area contributed by atoms with Crippen LogP contribution in [0.25, 0.3) is 11.1 Å². The van der Waals surface area contributed by atoms with Gasteiger partial charge >= 0.3 is 12.1 Å².